The number of hydrogen-bond acceptors (Lipinski definition) is 6. The Morgan fingerprint density at radius 3 is 2.34 bits per heavy atom. The van der Waals surface area contributed by atoms with Crippen LogP contribution in [0.2, 0.25) is 0 Å². The van der Waals surface area contributed by atoms with Crippen molar-refractivity contribution in [3.63, 3.8) is 0 Å². The van der Waals surface area contributed by atoms with Gasteiger partial charge >= 0.3 is 0 Å². The molecule has 1 aliphatic heterocycles. The minimum Gasteiger partial charge on any atom is -0.354 e. The lowest BCUT2D eigenvalue weighted by atomic mass is 9.96. The van der Waals surface area contributed by atoms with Crippen LogP contribution in [0.1, 0.15) is 57.9 Å². The lowest BCUT2D eigenvalue weighted by Gasteiger charge is -2.42. The maximum atomic E-state index is 12.6. The number of hydrogen-bond donors (Lipinski definition) is 2. The van der Waals surface area contributed by atoms with E-state index in [1.807, 2.05) is 12.1 Å². The van der Waals surface area contributed by atoms with E-state index in [1.165, 1.54) is 26.2 Å². The molecule has 1 heterocycles. The van der Waals surface area contributed by atoms with Crippen LogP contribution in [0.5, 0.6) is 0 Å². The second-order valence-corrected chi connectivity index (χ2v) is 13.7. The van der Waals surface area contributed by atoms with Gasteiger partial charge in [-0.15, -0.1) is 10.8 Å². The van der Waals surface area contributed by atoms with Crippen molar-refractivity contribution in [2.45, 2.75) is 58.4 Å². The van der Waals surface area contributed by atoms with Crippen molar-refractivity contribution in [3.05, 3.63) is 35.9 Å². The standard InChI is InChI=1S/C22H35N3O4S3/c1-4-31(26,27)25(32(28,29)5-2)20-15-13-18(14-16-20)21-12-9-17-24(3)22(30-21)23-19-10-7-6-8-11-19/h12-16,19,26-27H,4-11,17H2,1-3H3. The number of thioether (sulfide) groups is 1. The molecule has 0 aromatic heterocycles. The number of nitrogens with zero attached hydrogens (tertiary/aromatic N) is 3. The van der Waals surface area contributed by atoms with E-state index >= 15 is 0 Å². The summed E-state index contributed by atoms with van der Waals surface area (Å²) in [6.07, 6.45) is 9.18. The highest BCUT2D eigenvalue weighted by molar-refractivity contribution is 8.32. The fourth-order valence-electron chi connectivity index (χ4n) is 3.86. The van der Waals surface area contributed by atoms with Gasteiger partial charge in [0.1, 0.15) is 0 Å². The maximum Gasteiger partial charge on any atom is 0.252 e. The summed E-state index contributed by atoms with van der Waals surface area (Å²) in [5, 5.41) is 1.03. The Kier molecular flexibility index (Phi) is 8.59. The number of rotatable bonds is 7. The molecule has 180 valence electrons. The van der Waals surface area contributed by atoms with Crippen LogP contribution in [0, 0.1) is 0 Å². The van der Waals surface area contributed by atoms with Crippen molar-refractivity contribution in [1.29, 1.82) is 0 Å². The van der Waals surface area contributed by atoms with Crippen LogP contribution >= 0.6 is 22.5 Å². The van der Waals surface area contributed by atoms with Crippen LogP contribution in [-0.4, -0.2) is 58.7 Å². The topological polar surface area (TPSA) is 93.4 Å². The van der Waals surface area contributed by atoms with Crippen LogP contribution < -0.4 is 3.71 Å². The van der Waals surface area contributed by atoms with E-state index in [9.17, 15) is 17.5 Å². The predicted octanol–water partition coefficient (Wildman–Crippen LogP) is 5.63. The third kappa shape index (κ3) is 6.02. The Bertz CT molecular complexity index is 940. The SMILES string of the molecule is CCS(O)(O)N(c1ccc(C2=CCCN(C)C(=NC3CCCCC3)S2)cc1)S(=O)(=O)CC. The Hall–Kier alpha value is -1.20. The van der Waals surface area contributed by atoms with Crippen molar-refractivity contribution in [2.75, 3.05) is 28.8 Å². The lowest BCUT2D eigenvalue weighted by molar-refractivity contribution is 0.435. The molecular weight excluding hydrogens is 466 g/mol. The molecule has 10 heteroatoms. The van der Waals surface area contributed by atoms with E-state index in [4.69, 9.17) is 4.99 Å². The molecule has 2 N–H and O–H groups in total. The summed E-state index contributed by atoms with van der Waals surface area (Å²) in [6, 6.07) is 7.39. The van der Waals surface area contributed by atoms with Gasteiger partial charge in [-0.25, -0.2) is 8.42 Å². The normalized spacial score (nSPS) is 20.7. The molecule has 1 aromatic rings. The van der Waals surface area contributed by atoms with Gasteiger partial charge in [-0.3, -0.25) is 14.1 Å². The van der Waals surface area contributed by atoms with Gasteiger partial charge in [0.2, 0.25) is 0 Å². The van der Waals surface area contributed by atoms with E-state index in [0.717, 1.165) is 45.2 Å². The minimum atomic E-state index is -3.83. The number of benzene rings is 1. The van der Waals surface area contributed by atoms with Crippen LogP contribution in [0.25, 0.3) is 4.91 Å². The van der Waals surface area contributed by atoms with E-state index in [2.05, 4.69) is 18.0 Å². The fraction of sp³-hybridized carbons (Fsp3) is 0.591. The zero-order valence-corrected chi connectivity index (χ0v) is 21.6. The molecule has 0 bridgehead atoms. The summed E-state index contributed by atoms with van der Waals surface area (Å²) in [6.45, 7) is 3.97. The highest BCUT2D eigenvalue weighted by Gasteiger charge is 2.32. The average Bonchev–Trinajstić information content (AvgIpc) is 2.96. The van der Waals surface area contributed by atoms with E-state index in [1.54, 1.807) is 30.8 Å². The van der Waals surface area contributed by atoms with E-state index in [0.29, 0.717) is 6.04 Å². The highest BCUT2D eigenvalue weighted by atomic mass is 32.3. The summed E-state index contributed by atoms with van der Waals surface area (Å²) in [4.78, 5) is 8.36. The monoisotopic (exact) mass is 501 g/mol. The molecule has 1 aliphatic carbocycles. The first-order chi connectivity index (χ1) is 15.2. The lowest BCUT2D eigenvalue weighted by Crippen LogP contribution is -2.36. The van der Waals surface area contributed by atoms with Gasteiger partial charge in [0.05, 0.1) is 23.2 Å². The number of amidine groups is 1. The summed E-state index contributed by atoms with van der Waals surface area (Å²) in [5.74, 6) is -0.277. The zero-order chi connectivity index (χ0) is 23.4. The molecule has 0 saturated heterocycles. The third-order valence-corrected chi connectivity index (χ3v) is 11.4. The number of aliphatic imine (C=N–C) groups is 1. The summed E-state index contributed by atoms with van der Waals surface area (Å²) >= 11 is 1.65. The molecule has 1 fully saturated rings. The predicted molar refractivity (Wildman–Crippen MR) is 139 cm³/mol. The molecule has 7 nitrogen and oxygen atoms in total. The zero-order valence-electron chi connectivity index (χ0n) is 19.1. The molecule has 3 rings (SSSR count). The summed E-state index contributed by atoms with van der Waals surface area (Å²) in [7, 11) is -5.21. The number of anilines is 1. The summed E-state index contributed by atoms with van der Waals surface area (Å²) < 4.78 is 46.8. The Morgan fingerprint density at radius 2 is 1.75 bits per heavy atom. The Morgan fingerprint density at radius 1 is 1.09 bits per heavy atom. The van der Waals surface area contributed by atoms with E-state index < -0.39 is 20.8 Å². The van der Waals surface area contributed by atoms with Gasteiger partial charge in [-0.2, -0.15) is 3.71 Å². The molecule has 1 saturated carbocycles. The molecule has 2 aliphatic rings. The van der Waals surface area contributed by atoms with Crippen molar-refractivity contribution in [2.24, 2.45) is 4.99 Å². The first-order valence-corrected chi connectivity index (χ1v) is 15.3. The molecule has 32 heavy (non-hydrogen) atoms. The smallest absolute Gasteiger partial charge is 0.252 e. The molecule has 0 atom stereocenters. The van der Waals surface area contributed by atoms with Gasteiger partial charge in [-0.1, -0.05) is 49.2 Å². The minimum absolute atomic E-state index is 0.0672. The second-order valence-electron chi connectivity index (χ2n) is 8.18. The van der Waals surface area contributed by atoms with Crippen LogP contribution in [-0.2, 0) is 10.0 Å². The van der Waals surface area contributed by atoms with Gasteiger partial charge in [0, 0.05) is 18.5 Å². The van der Waals surface area contributed by atoms with Crippen molar-refractivity contribution in [3.8, 4) is 0 Å². The quantitative estimate of drug-likeness (QED) is 0.503. The van der Waals surface area contributed by atoms with E-state index in [-0.39, 0.29) is 17.2 Å². The van der Waals surface area contributed by atoms with Gasteiger partial charge in [-0.05, 0) is 50.8 Å². The van der Waals surface area contributed by atoms with Crippen LogP contribution in [0.15, 0.2) is 35.3 Å². The Balaban J connectivity index is 1.86. The highest BCUT2D eigenvalue weighted by Crippen LogP contribution is 2.48. The first kappa shape index (κ1) is 25.4. The molecular formula is C22H35N3O4S3. The van der Waals surface area contributed by atoms with Crippen molar-refractivity contribution < 1.29 is 17.5 Å². The van der Waals surface area contributed by atoms with Crippen LogP contribution in [0.4, 0.5) is 5.69 Å². The van der Waals surface area contributed by atoms with Gasteiger partial charge in [0.15, 0.2) is 5.17 Å². The molecule has 0 radical (unpaired) electrons. The van der Waals surface area contributed by atoms with Gasteiger partial charge < -0.3 is 4.90 Å². The van der Waals surface area contributed by atoms with Gasteiger partial charge in [0.25, 0.3) is 10.0 Å². The number of sulfonamides is 1. The molecule has 0 unspecified atom stereocenters. The second kappa shape index (κ2) is 10.8. The third-order valence-electron chi connectivity index (χ3n) is 5.82. The maximum absolute atomic E-state index is 12.6. The van der Waals surface area contributed by atoms with Crippen molar-refractivity contribution in [1.82, 2.24) is 4.90 Å². The largest absolute Gasteiger partial charge is 0.354 e. The molecule has 0 spiro atoms. The van der Waals surface area contributed by atoms with Crippen molar-refractivity contribution >= 4 is 48.3 Å². The Labute approximate surface area is 198 Å². The molecule has 1 aromatic carbocycles. The fourth-order valence-corrected chi connectivity index (χ4v) is 8.42. The first-order valence-electron chi connectivity index (χ1n) is 11.2. The molecule has 0 amide bonds. The van der Waals surface area contributed by atoms with Crippen LogP contribution in [0.3, 0.4) is 0 Å². The summed E-state index contributed by atoms with van der Waals surface area (Å²) in [5.41, 5.74) is 1.23. The average molecular weight is 502 g/mol.